The van der Waals surface area contributed by atoms with Gasteiger partial charge in [0.15, 0.2) is 0 Å². The number of rotatable bonds is 3. The summed E-state index contributed by atoms with van der Waals surface area (Å²) in [5.74, 6) is 1.39. The van der Waals surface area contributed by atoms with Crippen LogP contribution < -0.4 is 10.2 Å². The Hall–Kier alpha value is -1.55. The van der Waals surface area contributed by atoms with Gasteiger partial charge in [0.25, 0.3) is 0 Å². The molecule has 0 aromatic heterocycles. The summed E-state index contributed by atoms with van der Waals surface area (Å²) < 4.78 is 0. The Balaban J connectivity index is 1.40. The molecule has 1 aromatic carbocycles. The van der Waals surface area contributed by atoms with Gasteiger partial charge in [-0.2, -0.15) is 0 Å². The molecule has 3 aliphatic rings. The van der Waals surface area contributed by atoms with Crippen LogP contribution in [0.4, 0.5) is 5.69 Å². The van der Waals surface area contributed by atoms with Crippen LogP contribution in [-0.2, 0) is 9.59 Å². The summed E-state index contributed by atoms with van der Waals surface area (Å²) in [4.78, 5) is 26.5. The van der Waals surface area contributed by atoms with Crippen molar-refractivity contribution in [1.82, 2.24) is 5.32 Å². The number of anilines is 1. The van der Waals surface area contributed by atoms with Crippen molar-refractivity contribution in [1.29, 1.82) is 0 Å². The van der Waals surface area contributed by atoms with E-state index in [-0.39, 0.29) is 23.8 Å². The molecule has 1 N–H and O–H groups in total. The second-order valence-electron chi connectivity index (χ2n) is 6.60. The number of carbonyl (C=O) groups excluding carboxylic acids is 2. The van der Waals surface area contributed by atoms with Gasteiger partial charge in [0.05, 0.1) is 0 Å². The third-order valence-corrected chi connectivity index (χ3v) is 5.59. The smallest absolute Gasteiger partial charge is 0.249 e. The average molecular weight is 319 g/mol. The van der Waals surface area contributed by atoms with Gasteiger partial charge in [-0.15, -0.1) is 0 Å². The Morgan fingerprint density at radius 2 is 2.00 bits per heavy atom. The lowest BCUT2D eigenvalue weighted by Crippen LogP contribution is -2.42. The highest BCUT2D eigenvalue weighted by Gasteiger charge is 2.57. The van der Waals surface area contributed by atoms with Crippen molar-refractivity contribution in [2.75, 3.05) is 11.4 Å². The number of halogens is 1. The van der Waals surface area contributed by atoms with Gasteiger partial charge in [0, 0.05) is 23.2 Å². The number of amides is 2. The molecular weight excluding hydrogens is 300 g/mol. The Morgan fingerprint density at radius 3 is 2.73 bits per heavy atom. The van der Waals surface area contributed by atoms with Crippen LogP contribution in [0.3, 0.4) is 0 Å². The van der Waals surface area contributed by atoms with Gasteiger partial charge in [-0.05, 0) is 49.3 Å². The number of nitrogens with zero attached hydrogens (tertiary/aromatic N) is 1. The monoisotopic (exact) mass is 318 g/mol. The molecule has 2 saturated carbocycles. The minimum absolute atomic E-state index is 0.0265. The van der Waals surface area contributed by atoms with Crippen molar-refractivity contribution in [3.63, 3.8) is 0 Å². The third-order valence-electron chi connectivity index (χ3n) is 5.35. The van der Waals surface area contributed by atoms with Crippen molar-refractivity contribution in [3.8, 4) is 0 Å². The quantitative estimate of drug-likeness (QED) is 0.931. The van der Waals surface area contributed by atoms with E-state index in [1.807, 2.05) is 12.1 Å². The molecule has 4 nitrogen and oxygen atoms in total. The molecule has 4 rings (SSSR count). The zero-order valence-electron chi connectivity index (χ0n) is 12.3. The first-order chi connectivity index (χ1) is 10.6. The summed E-state index contributed by atoms with van der Waals surface area (Å²) >= 11 is 5.99. The van der Waals surface area contributed by atoms with Crippen molar-refractivity contribution in [2.24, 2.45) is 17.8 Å². The van der Waals surface area contributed by atoms with Gasteiger partial charge < -0.3 is 10.2 Å². The highest BCUT2D eigenvalue weighted by atomic mass is 35.5. The molecule has 22 heavy (non-hydrogen) atoms. The molecule has 1 aromatic rings. The lowest BCUT2D eigenvalue weighted by Gasteiger charge is -2.17. The molecule has 1 aliphatic heterocycles. The van der Waals surface area contributed by atoms with Gasteiger partial charge >= 0.3 is 0 Å². The van der Waals surface area contributed by atoms with E-state index in [9.17, 15) is 9.59 Å². The van der Waals surface area contributed by atoms with E-state index < -0.39 is 0 Å². The summed E-state index contributed by atoms with van der Waals surface area (Å²) in [6.45, 7) is 0.627. The highest BCUT2D eigenvalue weighted by Crippen LogP contribution is 2.57. The van der Waals surface area contributed by atoms with Crippen molar-refractivity contribution < 1.29 is 9.59 Å². The zero-order chi connectivity index (χ0) is 15.3. The number of hydrogen-bond acceptors (Lipinski definition) is 2. The van der Waals surface area contributed by atoms with Crippen LogP contribution in [0.15, 0.2) is 24.3 Å². The molecule has 0 bridgehead atoms. The molecular formula is C17H19ClN2O2. The molecule has 0 unspecified atom stereocenters. The van der Waals surface area contributed by atoms with E-state index >= 15 is 0 Å². The third kappa shape index (κ3) is 2.30. The molecule has 0 radical (unpaired) electrons. The van der Waals surface area contributed by atoms with Crippen LogP contribution >= 0.6 is 11.6 Å². The van der Waals surface area contributed by atoms with Crippen LogP contribution in [-0.4, -0.2) is 24.4 Å². The van der Waals surface area contributed by atoms with Crippen molar-refractivity contribution >= 4 is 29.1 Å². The van der Waals surface area contributed by atoms with E-state index in [0.29, 0.717) is 29.8 Å². The topological polar surface area (TPSA) is 49.4 Å². The Kier molecular flexibility index (Phi) is 3.37. The Bertz CT molecular complexity index is 623. The normalized spacial score (nSPS) is 33.0. The minimum atomic E-state index is -0.382. The summed E-state index contributed by atoms with van der Waals surface area (Å²) in [6, 6.07) is 6.90. The van der Waals surface area contributed by atoms with Gasteiger partial charge in [-0.3, -0.25) is 9.59 Å². The molecule has 1 heterocycles. The van der Waals surface area contributed by atoms with E-state index in [4.69, 9.17) is 11.6 Å². The van der Waals surface area contributed by atoms with Crippen LogP contribution in [0.25, 0.3) is 0 Å². The largest absolute Gasteiger partial charge is 0.344 e. The summed E-state index contributed by atoms with van der Waals surface area (Å²) in [6.07, 6.45) is 4.27. The number of fused-ring (bicyclic) bond motifs is 1. The number of nitrogens with one attached hydrogen (secondary N) is 1. The molecule has 1 saturated heterocycles. The lowest BCUT2D eigenvalue weighted by atomic mass is 10.1. The second kappa shape index (κ2) is 5.27. The predicted octanol–water partition coefficient (Wildman–Crippen LogP) is 2.61. The van der Waals surface area contributed by atoms with Gasteiger partial charge in [-0.25, -0.2) is 0 Å². The maximum Gasteiger partial charge on any atom is 0.249 e. The van der Waals surface area contributed by atoms with Crippen LogP contribution in [0.1, 0.15) is 25.7 Å². The minimum Gasteiger partial charge on any atom is -0.344 e. The zero-order valence-corrected chi connectivity index (χ0v) is 13.1. The molecule has 3 atom stereocenters. The predicted molar refractivity (Wildman–Crippen MR) is 84.7 cm³/mol. The van der Waals surface area contributed by atoms with Crippen molar-refractivity contribution in [2.45, 2.75) is 31.7 Å². The molecule has 0 spiro atoms. The van der Waals surface area contributed by atoms with Gasteiger partial charge in [0.1, 0.15) is 6.04 Å². The fourth-order valence-electron chi connectivity index (χ4n) is 4.19. The standard InChI is InChI=1S/C17H19ClN2O2/c18-10-3-1-4-11(9-10)20-8-7-14(17(20)22)19-16(21)15-12-5-2-6-13(12)15/h1,3-4,9,12-15H,2,5-8H2,(H,19,21)/t12-,13-,14-/m1/s1. The van der Waals surface area contributed by atoms with Gasteiger partial charge in [0.2, 0.25) is 11.8 Å². The van der Waals surface area contributed by atoms with Crippen LogP contribution in [0.2, 0.25) is 5.02 Å². The maximum absolute atomic E-state index is 12.5. The fraction of sp³-hybridized carbons (Fsp3) is 0.529. The average Bonchev–Trinajstić information content (AvgIpc) is 2.81. The first-order valence-electron chi connectivity index (χ1n) is 8.02. The lowest BCUT2D eigenvalue weighted by molar-refractivity contribution is -0.127. The number of carbonyl (C=O) groups is 2. The Morgan fingerprint density at radius 1 is 1.23 bits per heavy atom. The second-order valence-corrected chi connectivity index (χ2v) is 7.04. The molecule has 5 heteroatoms. The van der Waals surface area contributed by atoms with E-state index in [0.717, 1.165) is 5.69 Å². The molecule has 3 fully saturated rings. The fourth-order valence-corrected chi connectivity index (χ4v) is 4.38. The summed E-state index contributed by atoms with van der Waals surface area (Å²) in [5, 5.41) is 3.58. The molecule has 2 amide bonds. The number of hydrogen-bond donors (Lipinski definition) is 1. The molecule has 2 aliphatic carbocycles. The van der Waals surface area contributed by atoms with E-state index in [1.165, 1.54) is 19.3 Å². The SMILES string of the molecule is O=C(N[C@@H]1CCN(c2cccc(Cl)c2)C1=O)C1[C@@H]2CCC[C@@H]12. The van der Waals surface area contributed by atoms with Crippen LogP contribution in [0, 0.1) is 17.8 Å². The Labute approximate surface area is 134 Å². The van der Waals surface area contributed by atoms with E-state index in [2.05, 4.69) is 5.32 Å². The summed E-state index contributed by atoms with van der Waals surface area (Å²) in [7, 11) is 0. The van der Waals surface area contributed by atoms with E-state index in [1.54, 1.807) is 17.0 Å². The molecule has 116 valence electrons. The number of benzene rings is 1. The van der Waals surface area contributed by atoms with Gasteiger partial charge in [-0.1, -0.05) is 24.1 Å². The van der Waals surface area contributed by atoms with Crippen LogP contribution in [0.5, 0.6) is 0 Å². The first kappa shape index (κ1) is 14.1. The summed E-state index contributed by atoms with van der Waals surface area (Å²) in [5.41, 5.74) is 0.803. The first-order valence-corrected chi connectivity index (χ1v) is 8.40. The highest BCUT2D eigenvalue weighted by molar-refractivity contribution is 6.31. The van der Waals surface area contributed by atoms with Crippen molar-refractivity contribution in [3.05, 3.63) is 29.3 Å². The maximum atomic E-state index is 12.5.